The molecule has 0 bridgehead atoms. The number of ether oxygens (including phenoxy) is 4. The van der Waals surface area contributed by atoms with Gasteiger partial charge in [-0.1, -0.05) is 301 Å². The third-order valence-electron chi connectivity index (χ3n) is 16.5. The minimum atomic E-state index is -5.02. The normalized spacial score (nSPS) is 14.7. The Labute approximate surface area is 642 Å². The Balaban J connectivity index is 5.53. The summed E-state index contributed by atoms with van der Waals surface area (Å²) in [7, 11) is -10.0. The number of hydrogen-bond donors (Lipinski definition) is 3. The monoisotopic (exact) mass is 1520 g/mol. The predicted octanol–water partition coefficient (Wildman–Crippen LogP) is 24.0. The van der Waals surface area contributed by atoms with Gasteiger partial charge in [-0.25, -0.2) is 9.13 Å². The van der Waals surface area contributed by atoms with Crippen molar-refractivity contribution in [3.8, 4) is 0 Å². The molecule has 0 fully saturated rings. The van der Waals surface area contributed by atoms with Crippen molar-refractivity contribution >= 4 is 39.5 Å². The van der Waals surface area contributed by atoms with Crippen LogP contribution in [0.2, 0.25) is 0 Å². The number of hydrogen-bond acceptors (Lipinski definition) is 15. The van der Waals surface area contributed by atoms with Gasteiger partial charge in [0.05, 0.1) is 26.4 Å². The maximum atomic E-state index is 13.1. The molecule has 0 aliphatic carbocycles. The molecule has 604 valence electrons. The highest BCUT2D eigenvalue weighted by atomic mass is 31.2. The van der Waals surface area contributed by atoms with Gasteiger partial charge in [-0.05, 0) is 141 Å². The summed E-state index contributed by atoms with van der Waals surface area (Å²) in [6.07, 6.45) is 91.1. The highest BCUT2D eigenvalue weighted by molar-refractivity contribution is 7.47. The van der Waals surface area contributed by atoms with Crippen LogP contribution in [0.25, 0.3) is 0 Å². The van der Waals surface area contributed by atoms with Gasteiger partial charge in [-0.2, -0.15) is 0 Å². The van der Waals surface area contributed by atoms with E-state index in [2.05, 4.69) is 143 Å². The zero-order valence-electron chi connectivity index (χ0n) is 66.1. The van der Waals surface area contributed by atoms with E-state index in [0.717, 1.165) is 103 Å². The first kappa shape index (κ1) is 101. The molecule has 19 heteroatoms. The van der Waals surface area contributed by atoms with Crippen molar-refractivity contribution in [3.63, 3.8) is 0 Å². The summed E-state index contributed by atoms with van der Waals surface area (Å²) in [4.78, 5) is 73.0. The minimum Gasteiger partial charge on any atom is -0.462 e. The molecule has 0 saturated carbocycles. The zero-order valence-corrected chi connectivity index (χ0v) is 67.8. The van der Waals surface area contributed by atoms with E-state index in [1.165, 1.54) is 109 Å². The molecule has 0 saturated heterocycles. The molecule has 17 nitrogen and oxygen atoms in total. The van der Waals surface area contributed by atoms with Crippen LogP contribution < -0.4 is 0 Å². The summed E-state index contributed by atoms with van der Waals surface area (Å²) in [5.74, 6) is -2.41. The van der Waals surface area contributed by atoms with Gasteiger partial charge in [0, 0.05) is 25.7 Å². The fourth-order valence-electron chi connectivity index (χ4n) is 10.2. The molecule has 0 aromatic heterocycles. The van der Waals surface area contributed by atoms with Gasteiger partial charge < -0.3 is 33.8 Å². The highest BCUT2D eigenvalue weighted by Crippen LogP contribution is 2.45. The van der Waals surface area contributed by atoms with Crippen LogP contribution in [-0.4, -0.2) is 96.7 Å². The maximum Gasteiger partial charge on any atom is 0.472 e. The van der Waals surface area contributed by atoms with E-state index in [1.807, 2.05) is 42.5 Å². The number of unbranched alkanes of at least 4 members (excludes halogenated alkanes) is 23. The van der Waals surface area contributed by atoms with Crippen LogP contribution >= 0.6 is 15.6 Å². The lowest BCUT2D eigenvalue weighted by Crippen LogP contribution is -2.30. The Morgan fingerprint density at radius 2 is 0.491 bits per heavy atom. The van der Waals surface area contributed by atoms with Crippen molar-refractivity contribution in [1.29, 1.82) is 0 Å². The third-order valence-corrected chi connectivity index (χ3v) is 18.4. The molecule has 0 amide bonds. The average molecular weight is 1520 g/mol. The maximum absolute atomic E-state index is 13.1. The van der Waals surface area contributed by atoms with Crippen LogP contribution in [0.1, 0.15) is 310 Å². The minimum absolute atomic E-state index is 0.00230. The molecule has 0 aromatic carbocycles. The summed E-state index contributed by atoms with van der Waals surface area (Å²) < 4.78 is 68.4. The standard InChI is InChI=1S/C87H144O17P2/c1-5-9-13-17-21-25-29-33-36-39-40-43-45-49-52-56-60-64-68-72-85(90)98-78-83(104-87(92)74-70-66-62-58-54-50-46-42-38-35-31-27-23-19-15-11-7-3)80-102-106(95,96)100-76-81(88)75-99-105(93,94)101-79-82(103-86(91)73-69-65-61-57-53-47-32-28-24-20-16-12-8-4)77-97-84(89)71-67-63-59-55-51-48-44-41-37-34-30-26-22-18-14-10-6-2/h21-23,25-27,33-38,40,43-44,46,48-50,52,55,58-60,62,64,81-83,88H,5-20,24,28-32,39,41-42,45,47,51,53-54,56-57,61,63,65-80H2,1-4H3,(H,93,94)(H,95,96)/b25-21-,26-22-,27-23-,36-33-,37-34-,38-35-,43-40-,48-44-,50-46-,52-49-,59-55-,62-58-,64-60-/t81-,82+,83+/m0/s1. The van der Waals surface area contributed by atoms with Gasteiger partial charge in [0.15, 0.2) is 12.2 Å². The molecule has 0 aliphatic heterocycles. The summed E-state index contributed by atoms with van der Waals surface area (Å²) in [6, 6.07) is 0. The van der Waals surface area contributed by atoms with Gasteiger partial charge in [-0.15, -0.1) is 0 Å². The van der Waals surface area contributed by atoms with Gasteiger partial charge in [0.2, 0.25) is 0 Å². The Bertz CT molecular complexity index is 2630. The quantitative estimate of drug-likeness (QED) is 0.0169. The first-order chi connectivity index (χ1) is 51.7. The SMILES string of the molecule is CCCCC/C=C\C/C=C\C/C=C\C/C=C\C/C=C\CCC(=O)OC[C@H](COP(=O)(O)OC[C@@H](O)COP(=O)(O)OC[C@@H](COC(=O)CCC/C=C\C/C=C\C/C=C\C/C=C\CCCCC)OC(=O)CCCCCCCCCCCCCCC)OC(=O)CCC/C=C\C/C=C\C/C=C\C/C=C\CCCCC. The molecule has 0 radical (unpaired) electrons. The van der Waals surface area contributed by atoms with Gasteiger partial charge in [0.25, 0.3) is 0 Å². The second-order valence-electron chi connectivity index (χ2n) is 26.7. The number of carbonyl (C=O) groups is 4. The Hall–Kier alpha value is -5.32. The number of allylic oxidation sites excluding steroid dienone is 26. The largest absolute Gasteiger partial charge is 0.472 e. The fourth-order valence-corrected chi connectivity index (χ4v) is 11.8. The topological polar surface area (TPSA) is 237 Å². The number of carbonyl (C=O) groups excluding carboxylic acids is 4. The van der Waals surface area contributed by atoms with Crippen molar-refractivity contribution in [2.75, 3.05) is 39.6 Å². The lowest BCUT2D eigenvalue weighted by atomic mass is 10.0. The molecular formula is C87H144O17P2. The molecule has 0 rings (SSSR count). The first-order valence-electron chi connectivity index (χ1n) is 40.7. The molecule has 0 heterocycles. The second kappa shape index (κ2) is 77.8. The molecule has 106 heavy (non-hydrogen) atoms. The Morgan fingerprint density at radius 3 is 0.802 bits per heavy atom. The number of phosphoric acid groups is 2. The van der Waals surface area contributed by atoms with Crippen LogP contribution in [0, 0.1) is 0 Å². The van der Waals surface area contributed by atoms with E-state index in [-0.39, 0.29) is 25.7 Å². The van der Waals surface area contributed by atoms with Crippen molar-refractivity contribution in [1.82, 2.24) is 0 Å². The van der Waals surface area contributed by atoms with E-state index in [9.17, 15) is 43.2 Å². The van der Waals surface area contributed by atoms with E-state index >= 15 is 0 Å². The molecule has 0 aromatic rings. The first-order valence-corrected chi connectivity index (χ1v) is 43.7. The summed E-state index contributed by atoms with van der Waals surface area (Å²) in [5, 5.41) is 10.6. The van der Waals surface area contributed by atoms with Crippen LogP contribution in [0.15, 0.2) is 158 Å². The second-order valence-corrected chi connectivity index (χ2v) is 29.6. The van der Waals surface area contributed by atoms with Crippen LogP contribution in [0.4, 0.5) is 0 Å². The van der Waals surface area contributed by atoms with E-state index < -0.39 is 97.5 Å². The average Bonchev–Trinajstić information content (AvgIpc) is 0.907. The number of aliphatic hydroxyl groups is 1. The van der Waals surface area contributed by atoms with Crippen LogP contribution in [0.5, 0.6) is 0 Å². The summed E-state index contributed by atoms with van der Waals surface area (Å²) in [6.45, 7) is 4.58. The van der Waals surface area contributed by atoms with Gasteiger partial charge >= 0.3 is 39.5 Å². The number of esters is 4. The Morgan fingerprint density at radius 1 is 0.264 bits per heavy atom. The number of aliphatic hydroxyl groups excluding tert-OH is 1. The van der Waals surface area contributed by atoms with Crippen molar-refractivity contribution in [2.45, 2.75) is 329 Å². The van der Waals surface area contributed by atoms with E-state index in [0.29, 0.717) is 44.9 Å². The van der Waals surface area contributed by atoms with Crippen molar-refractivity contribution in [3.05, 3.63) is 158 Å². The predicted molar refractivity (Wildman–Crippen MR) is 436 cm³/mol. The fraction of sp³-hybridized carbons (Fsp3) is 0.655. The third kappa shape index (κ3) is 76.9. The van der Waals surface area contributed by atoms with Gasteiger partial charge in [-0.3, -0.25) is 37.3 Å². The molecule has 2 unspecified atom stereocenters. The molecule has 0 aliphatic rings. The molecule has 0 spiro atoms. The summed E-state index contributed by atoms with van der Waals surface area (Å²) in [5.41, 5.74) is 0. The van der Waals surface area contributed by atoms with Crippen molar-refractivity contribution < 1.29 is 80.2 Å². The van der Waals surface area contributed by atoms with Crippen LogP contribution in [0.3, 0.4) is 0 Å². The Kier molecular flexibility index (Phi) is 73.9. The molecular weight excluding hydrogens is 1380 g/mol. The zero-order chi connectivity index (χ0) is 77.4. The van der Waals surface area contributed by atoms with E-state index in [4.69, 9.17) is 37.0 Å². The highest BCUT2D eigenvalue weighted by Gasteiger charge is 2.30. The smallest absolute Gasteiger partial charge is 0.462 e. The van der Waals surface area contributed by atoms with Gasteiger partial charge in [0.1, 0.15) is 19.3 Å². The lowest BCUT2D eigenvalue weighted by Gasteiger charge is -2.21. The van der Waals surface area contributed by atoms with Crippen molar-refractivity contribution in [2.24, 2.45) is 0 Å². The number of phosphoric ester groups is 2. The lowest BCUT2D eigenvalue weighted by molar-refractivity contribution is -0.161. The van der Waals surface area contributed by atoms with E-state index in [1.54, 1.807) is 0 Å². The van der Waals surface area contributed by atoms with Crippen LogP contribution in [-0.2, 0) is 65.4 Å². The molecule has 5 atom stereocenters. The summed E-state index contributed by atoms with van der Waals surface area (Å²) >= 11 is 0. The number of rotatable bonds is 75. The molecule has 3 N–H and O–H groups in total.